The Labute approximate surface area is 147 Å². The van der Waals surface area contributed by atoms with Crippen LogP contribution in [-0.4, -0.2) is 54.7 Å². The number of hydrogen-bond donors (Lipinski definition) is 1. The van der Waals surface area contributed by atoms with E-state index in [0.717, 1.165) is 16.6 Å². The lowest BCUT2D eigenvalue weighted by molar-refractivity contribution is 0.0692. The number of benzene rings is 1. The maximum atomic E-state index is 13.0. The van der Waals surface area contributed by atoms with Crippen LogP contribution in [0, 0.1) is 5.82 Å². The Morgan fingerprint density at radius 1 is 1.12 bits per heavy atom. The predicted octanol–water partition coefficient (Wildman–Crippen LogP) is 2.06. The van der Waals surface area contributed by atoms with E-state index in [2.05, 4.69) is 20.9 Å². The molecule has 0 bridgehead atoms. The normalized spacial score (nSPS) is 16.3. The quantitative estimate of drug-likeness (QED) is 0.833. The van der Waals surface area contributed by atoms with Crippen LogP contribution in [0.3, 0.4) is 0 Å². The topological polar surface area (TPSA) is 73.5 Å². The minimum absolute atomic E-state index is 0.0528. The minimum atomic E-state index is -3.68. The molecule has 2 heterocycles. The van der Waals surface area contributed by atoms with Gasteiger partial charge in [0.15, 0.2) is 0 Å². The van der Waals surface area contributed by atoms with Gasteiger partial charge in [0.1, 0.15) is 11.5 Å². The van der Waals surface area contributed by atoms with Gasteiger partial charge in [-0.25, -0.2) is 12.8 Å². The molecule has 0 radical (unpaired) electrons. The molecule has 1 fully saturated rings. The van der Waals surface area contributed by atoms with E-state index in [1.165, 1.54) is 16.4 Å². The Morgan fingerprint density at radius 2 is 1.75 bits per heavy atom. The van der Waals surface area contributed by atoms with Crippen LogP contribution in [-0.2, 0) is 10.0 Å². The third-order valence-corrected chi connectivity index (χ3v) is 6.23. The summed E-state index contributed by atoms with van der Waals surface area (Å²) < 4.78 is 40.1. The van der Waals surface area contributed by atoms with Crippen molar-refractivity contribution in [2.24, 2.45) is 0 Å². The Hall–Kier alpha value is -1.71. The van der Waals surface area contributed by atoms with Crippen LogP contribution in [0.5, 0.6) is 0 Å². The number of piperazine rings is 1. The van der Waals surface area contributed by atoms with Gasteiger partial charge in [-0.05, 0) is 46.3 Å². The van der Waals surface area contributed by atoms with Gasteiger partial charge in [0.2, 0.25) is 10.0 Å². The second-order valence-corrected chi connectivity index (χ2v) is 8.24. The molecule has 2 aromatic rings. The summed E-state index contributed by atoms with van der Waals surface area (Å²) in [5.74, 6) is -0.652. The summed E-state index contributed by atoms with van der Waals surface area (Å²) >= 11 is 3.27. The minimum Gasteiger partial charge on any atom is -0.356 e. The van der Waals surface area contributed by atoms with Crippen molar-refractivity contribution in [2.75, 3.05) is 26.2 Å². The summed E-state index contributed by atoms with van der Waals surface area (Å²) in [6, 6.07) is 6.42. The van der Waals surface area contributed by atoms with Gasteiger partial charge in [-0.1, -0.05) is 0 Å². The number of H-pyrrole nitrogens is 1. The lowest BCUT2D eigenvalue weighted by Gasteiger charge is -2.33. The van der Waals surface area contributed by atoms with Crippen LogP contribution in [0.25, 0.3) is 0 Å². The summed E-state index contributed by atoms with van der Waals surface area (Å²) in [6.45, 7) is 1.01. The monoisotopic (exact) mass is 415 g/mol. The van der Waals surface area contributed by atoms with E-state index in [4.69, 9.17) is 0 Å². The molecule has 128 valence electrons. The molecule has 1 aliphatic heterocycles. The largest absolute Gasteiger partial charge is 0.356 e. The molecule has 0 aliphatic carbocycles. The molecule has 0 unspecified atom stereocenters. The third-order valence-electron chi connectivity index (χ3n) is 3.86. The summed E-state index contributed by atoms with van der Waals surface area (Å²) in [4.78, 5) is 16.9. The molecular weight excluding hydrogens is 401 g/mol. The fourth-order valence-electron chi connectivity index (χ4n) is 2.55. The molecule has 24 heavy (non-hydrogen) atoms. The number of amides is 1. The van der Waals surface area contributed by atoms with Gasteiger partial charge >= 0.3 is 0 Å². The number of hydrogen-bond acceptors (Lipinski definition) is 3. The molecule has 1 aromatic heterocycles. The van der Waals surface area contributed by atoms with Gasteiger partial charge in [0.25, 0.3) is 5.91 Å². The highest BCUT2D eigenvalue weighted by Crippen LogP contribution is 2.19. The summed E-state index contributed by atoms with van der Waals surface area (Å²) in [5.41, 5.74) is 0.455. The number of rotatable bonds is 3. The first-order valence-corrected chi connectivity index (χ1v) is 9.50. The van der Waals surface area contributed by atoms with Gasteiger partial charge in [0.05, 0.1) is 4.90 Å². The van der Waals surface area contributed by atoms with E-state index in [1.807, 2.05) is 0 Å². The van der Waals surface area contributed by atoms with Crippen LogP contribution < -0.4 is 0 Å². The first-order chi connectivity index (χ1) is 11.4. The fraction of sp³-hybridized carbons (Fsp3) is 0.267. The molecule has 1 saturated heterocycles. The molecule has 6 nitrogen and oxygen atoms in total. The van der Waals surface area contributed by atoms with Crippen molar-refractivity contribution in [2.45, 2.75) is 4.90 Å². The summed E-state index contributed by atoms with van der Waals surface area (Å²) in [7, 11) is -3.68. The summed E-state index contributed by atoms with van der Waals surface area (Å²) in [5, 5.41) is 0. The van der Waals surface area contributed by atoms with E-state index in [9.17, 15) is 17.6 Å². The number of nitrogens with one attached hydrogen (secondary N) is 1. The van der Waals surface area contributed by atoms with E-state index < -0.39 is 15.8 Å². The lowest BCUT2D eigenvalue weighted by Crippen LogP contribution is -2.50. The Bertz CT molecular complexity index is 843. The van der Waals surface area contributed by atoms with Crippen LogP contribution in [0.15, 0.2) is 45.9 Å². The maximum absolute atomic E-state index is 13.0. The number of sulfonamides is 1. The first kappa shape index (κ1) is 17.1. The predicted molar refractivity (Wildman–Crippen MR) is 89.6 cm³/mol. The van der Waals surface area contributed by atoms with Gasteiger partial charge < -0.3 is 9.88 Å². The van der Waals surface area contributed by atoms with Crippen LogP contribution in [0.1, 0.15) is 10.5 Å². The van der Waals surface area contributed by atoms with E-state index >= 15 is 0 Å². The first-order valence-electron chi connectivity index (χ1n) is 7.27. The number of carbonyl (C=O) groups is 1. The zero-order valence-corrected chi connectivity index (χ0v) is 15.0. The van der Waals surface area contributed by atoms with Crippen LogP contribution in [0.4, 0.5) is 4.39 Å². The number of aromatic amines is 1. The molecule has 9 heteroatoms. The molecule has 3 rings (SSSR count). The molecule has 1 aliphatic rings. The summed E-state index contributed by atoms with van der Waals surface area (Å²) in [6.07, 6.45) is 1.67. The van der Waals surface area contributed by atoms with Crippen molar-refractivity contribution in [3.8, 4) is 0 Å². The van der Waals surface area contributed by atoms with E-state index in [0.29, 0.717) is 18.8 Å². The zero-order valence-electron chi connectivity index (χ0n) is 12.6. The van der Waals surface area contributed by atoms with E-state index in [-0.39, 0.29) is 23.9 Å². The van der Waals surface area contributed by atoms with Crippen LogP contribution >= 0.6 is 15.9 Å². The smallest absolute Gasteiger partial charge is 0.270 e. The third kappa shape index (κ3) is 3.38. The second-order valence-electron chi connectivity index (χ2n) is 5.38. The highest BCUT2D eigenvalue weighted by Gasteiger charge is 2.30. The molecule has 1 amide bonds. The molecule has 0 spiro atoms. The number of aromatic nitrogens is 1. The van der Waals surface area contributed by atoms with Crippen LogP contribution in [0.2, 0.25) is 0 Å². The highest BCUT2D eigenvalue weighted by molar-refractivity contribution is 9.10. The molecule has 1 aromatic carbocycles. The lowest BCUT2D eigenvalue weighted by atomic mass is 10.3. The standard InChI is InChI=1S/C15H15BrFN3O3S/c16-11-9-14(18-10-11)15(21)19-5-7-20(8-6-19)24(22,23)13-3-1-12(17)2-4-13/h1-4,9-10,18H,5-8H2. The van der Waals surface area contributed by atoms with Crippen molar-refractivity contribution in [1.82, 2.24) is 14.2 Å². The van der Waals surface area contributed by atoms with Crippen molar-refractivity contribution < 1.29 is 17.6 Å². The van der Waals surface area contributed by atoms with E-state index in [1.54, 1.807) is 17.2 Å². The highest BCUT2D eigenvalue weighted by atomic mass is 79.9. The Morgan fingerprint density at radius 3 is 2.29 bits per heavy atom. The number of carbonyl (C=O) groups excluding carboxylic acids is 1. The van der Waals surface area contributed by atoms with Crippen molar-refractivity contribution in [3.05, 3.63) is 52.5 Å². The number of halogens is 2. The van der Waals surface area contributed by atoms with Gasteiger partial charge in [0, 0.05) is 36.8 Å². The average Bonchev–Trinajstić information content (AvgIpc) is 3.01. The fourth-order valence-corrected chi connectivity index (χ4v) is 4.31. The van der Waals surface area contributed by atoms with Crippen molar-refractivity contribution >= 4 is 31.9 Å². The Balaban J connectivity index is 1.68. The molecule has 1 N–H and O–H groups in total. The van der Waals surface area contributed by atoms with Crippen molar-refractivity contribution in [3.63, 3.8) is 0 Å². The molecule has 0 saturated carbocycles. The van der Waals surface area contributed by atoms with Gasteiger partial charge in [-0.2, -0.15) is 4.31 Å². The van der Waals surface area contributed by atoms with Gasteiger partial charge in [-0.3, -0.25) is 4.79 Å². The van der Waals surface area contributed by atoms with Crippen molar-refractivity contribution in [1.29, 1.82) is 0 Å². The molecule has 0 atom stereocenters. The molecular formula is C15H15BrFN3O3S. The Kier molecular flexibility index (Phi) is 4.75. The maximum Gasteiger partial charge on any atom is 0.270 e. The van der Waals surface area contributed by atoms with Gasteiger partial charge in [-0.15, -0.1) is 0 Å². The zero-order chi connectivity index (χ0) is 17.3. The number of nitrogens with zero attached hydrogens (tertiary/aromatic N) is 2. The second kappa shape index (κ2) is 6.66. The SMILES string of the molecule is O=C(c1cc(Br)c[nH]1)N1CCN(S(=O)(=O)c2ccc(F)cc2)CC1. The average molecular weight is 416 g/mol.